The lowest BCUT2D eigenvalue weighted by Crippen LogP contribution is -2.57. The number of methoxy groups -OCH3 is 1. The zero-order valence-electron chi connectivity index (χ0n) is 38.0. The fraction of sp³-hybridized carbons (Fsp3) is 0.674. The maximum absolute atomic E-state index is 14.6. The van der Waals surface area contributed by atoms with Crippen LogP contribution in [0.2, 0.25) is 0 Å². The molecule has 4 N–H and O–H groups in total. The van der Waals surface area contributed by atoms with E-state index in [1.165, 1.54) is 6.92 Å². The number of hydrogen-bond acceptors (Lipinski definition) is 9. The first-order valence-electron chi connectivity index (χ1n) is 21.1. The lowest BCUT2D eigenvalue weighted by molar-refractivity contribution is -0.176. The number of aliphatic hydroxyl groups excluding tert-OH is 1. The van der Waals surface area contributed by atoms with Gasteiger partial charge in [-0.2, -0.15) is 5.06 Å². The molecule has 1 saturated carbocycles. The summed E-state index contributed by atoms with van der Waals surface area (Å²) in [5.74, 6) is 0.385. The summed E-state index contributed by atoms with van der Waals surface area (Å²) < 4.78 is 6.15. The number of nitrogens with one attached hydrogen (secondary N) is 3. The average Bonchev–Trinajstić information content (AvgIpc) is 3.49. The van der Waals surface area contributed by atoms with Gasteiger partial charge in [0.15, 0.2) is 0 Å². The van der Waals surface area contributed by atoms with Crippen LogP contribution in [-0.4, -0.2) is 112 Å². The molecule has 1 saturated heterocycles. The minimum absolute atomic E-state index is 0.0268. The fourth-order valence-corrected chi connectivity index (χ4v) is 9.08. The van der Waals surface area contributed by atoms with Crippen LogP contribution in [0.4, 0.5) is 5.69 Å². The van der Waals surface area contributed by atoms with Gasteiger partial charge in [0.2, 0.25) is 11.8 Å². The lowest BCUT2D eigenvalue weighted by Gasteiger charge is -2.50. The lowest BCUT2D eigenvalue weighted by atomic mass is 9.58. The molecule has 2 aromatic rings. The van der Waals surface area contributed by atoms with E-state index in [9.17, 15) is 19.5 Å². The zero-order valence-corrected chi connectivity index (χ0v) is 38.0. The molecule has 2 aliphatic rings. The van der Waals surface area contributed by atoms with Crippen molar-refractivity contribution in [2.24, 2.45) is 34.5 Å². The number of anilines is 1. The predicted molar refractivity (Wildman–Crippen MR) is 233 cm³/mol. The van der Waals surface area contributed by atoms with Crippen molar-refractivity contribution in [2.75, 3.05) is 53.3 Å². The fourth-order valence-electron chi connectivity index (χ4n) is 9.08. The van der Waals surface area contributed by atoms with Gasteiger partial charge in [-0.25, -0.2) is 0 Å². The van der Waals surface area contributed by atoms with Crippen molar-refractivity contribution in [1.29, 1.82) is 0 Å². The molecule has 0 spiro atoms. The van der Waals surface area contributed by atoms with Crippen LogP contribution in [0.3, 0.4) is 0 Å². The molecule has 2 aromatic carbocycles. The minimum Gasteiger partial charge on any atom is -0.496 e. The number of ether oxygens (including phenoxy) is 1. The molecule has 0 bridgehead atoms. The first-order chi connectivity index (χ1) is 26.9. The smallest absolute Gasteiger partial charge is 0.251 e. The number of nitrogens with zero attached hydrogens (tertiary/aromatic N) is 3. The third kappa shape index (κ3) is 11.3. The summed E-state index contributed by atoms with van der Waals surface area (Å²) in [7, 11) is 9.54. The molecule has 1 aliphatic heterocycles. The highest BCUT2D eigenvalue weighted by molar-refractivity contribution is 5.97. The molecule has 0 aromatic heterocycles. The van der Waals surface area contributed by atoms with E-state index >= 15 is 0 Å². The summed E-state index contributed by atoms with van der Waals surface area (Å²) in [4.78, 5) is 51.2. The highest BCUT2D eigenvalue weighted by Gasteiger charge is 2.51. The molecule has 2 fully saturated rings. The molecule has 12 heteroatoms. The zero-order chi connectivity index (χ0) is 43.4. The van der Waals surface area contributed by atoms with Gasteiger partial charge in [-0.3, -0.25) is 19.2 Å². The van der Waals surface area contributed by atoms with Gasteiger partial charge in [-0.15, -0.1) is 0 Å². The monoisotopic (exact) mass is 807 g/mol. The molecule has 9 atom stereocenters. The second-order valence-corrected chi connectivity index (χ2v) is 19.5. The van der Waals surface area contributed by atoms with Crippen LogP contribution in [0, 0.1) is 34.5 Å². The number of carbonyl (C=O) groups is 3. The van der Waals surface area contributed by atoms with Crippen LogP contribution in [0.1, 0.15) is 98.0 Å². The summed E-state index contributed by atoms with van der Waals surface area (Å²) in [5, 5.41) is 22.4. The minimum atomic E-state index is -0.910. The highest BCUT2D eigenvalue weighted by Crippen LogP contribution is 2.48. The van der Waals surface area contributed by atoms with E-state index < -0.39 is 24.2 Å². The predicted octanol–water partition coefficient (Wildman–Crippen LogP) is 5.96. The van der Waals surface area contributed by atoms with E-state index in [0.29, 0.717) is 29.7 Å². The van der Waals surface area contributed by atoms with Gasteiger partial charge in [0.05, 0.1) is 19.8 Å². The molecular formula is C46H74N6O6. The number of hydrogen-bond donors (Lipinski definition) is 4. The van der Waals surface area contributed by atoms with Crippen molar-refractivity contribution in [1.82, 2.24) is 25.9 Å². The van der Waals surface area contributed by atoms with Crippen molar-refractivity contribution < 1.29 is 29.1 Å². The standard InChI is InChI=1S/C46H74N6O6/c1-27-19-38(28(2)29(3)46(27,9)10)49-44(56)41-40(30(4)53)39(24-47-31(5)54)58-52(41)25-32-17-16-18-37(42(32)57-15)33-20-34(22-36(21-33)51(13)14)43(55)48-35(26-50(11)12)23-45(6,7)8/h16-18,20-22,27-30,35,38-41,53H,19,23-26H2,1-15H3,(H,47,54)(H,48,55)(H,49,56)/t27-,28+,29+,30+,35+,38+,39+,40-,41+/m1/s1. The van der Waals surface area contributed by atoms with E-state index in [4.69, 9.17) is 9.57 Å². The number of likely N-dealkylation sites (N-methyl/N-ethyl adjacent to an activating group) is 1. The Balaban J connectivity index is 1.73. The van der Waals surface area contributed by atoms with Gasteiger partial charge in [-0.1, -0.05) is 73.6 Å². The van der Waals surface area contributed by atoms with Gasteiger partial charge < -0.3 is 35.6 Å². The maximum atomic E-state index is 14.6. The number of aliphatic hydroxyl groups is 1. The van der Waals surface area contributed by atoms with Crippen LogP contribution >= 0.6 is 0 Å². The first-order valence-corrected chi connectivity index (χ1v) is 21.1. The molecule has 3 amide bonds. The van der Waals surface area contributed by atoms with E-state index in [2.05, 4.69) is 76.2 Å². The summed E-state index contributed by atoms with van der Waals surface area (Å²) in [6.07, 6.45) is 0.109. The number of carbonyl (C=O) groups excluding carboxylic acids is 3. The summed E-state index contributed by atoms with van der Waals surface area (Å²) >= 11 is 0. The first kappa shape index (κ1) is 47.0. The van der Waals surface area contributed by atoms with Crippen LogP contribution in [0.15, 0.2) is 36.4 Å². The van der Waals surface area contributed by atoms with Crippen molar-refractivity contribution in [3.63, 3.8) is 0 Å². The number of amides is 3. The van der Waals surface area contributed by atoms with Crippen LogP contribution < -0.4 is 25.6 Å². The van der Waals surface area contributed by atoms with E-state index in [1.807, 2.05) is 69.5 Å². The van der Waals surface area contributed by atoms with Gasteiger partial charge in [-0.05, 0) is 86.2 Å². The third-order valence-corrected chi connectivity index (χ3v) is 13.0. The number of hydroxylamine groups is 2. The molecule has 1 aliphatic carbocycles. The highest BCUT2D eigenvalue weighted by atomic mass is 16.7. The SMILES string of the molecule is COc1c(CN2O[C@@H](CNC(C)=O)[C@@H]([C@H](C)O)[C@H]2C(=O)N[C@H]2C[C@@H](C)C(C)(C)[C@@H](C)[C@@H]2C)cccc1-c1cc(C(=O)N[C@H](CN(C)C)CC(C)(C)C)cc(N(C)C)c1. The Kier molecular flexibility index (Phi) is 15.5. The van der Waals surface area contributed by atoms with Gasteiger partial charge in [0.25, 0.3) is 5.91 Å². The number of para-hydroxylation sites is 1. The number of rotatable bonds is 15. The van der Waals surface area contributed by atoms with Gasteiger partial charge in [0.1, 0.15) is 17.9 Å². The number of benzene rings is 2. The third-order valence-electron chi connectivity index (χ3n) is 13.0. The van der Waals surface area contributed by atoms with Gasteiger partial charge >= 0.3 is 0 Å². The molecule has 0 unspecified atom stereocenters. The molecule has 58 heavy (non-hydrogen) atoms. The average molecular weight is 807 g/mol. The van der Waals surface area contributed by atoms with Crippen molar-refractivity contribution in [3.05, 3.63) is 47.5 Å². The Bertz CT molecular complexity index is 1740. The molecule has 12 nitrogen and oxygen atoms in total. The van der Waals surface area contributed by atoms with E-state index in [0.717, 1.165) is 35.2 Å². The van der Waals surface area contributed by atoms with Crippen LogP contribution in [0.25, 0.3) is 11.1 Å². The van der Waals surface area contributed by atoms with Crippen LogP contribution in [-0.2, 0) is 21.0 Å². The summed E-state index contributed by atoms with van der Waals surface area (Å²) in [6.45, 7) is 22.0. The largest absolute Gasteiger partial charge is 0.496 e. The van der Waals surface area contributed by atoms with E-state index in [1.54, 1.807) is 19.1 Å². The Hall–Kier alpha value is -3.71. The van der Waals surface area contributed by atoms with Crippen molar-refractivity contribution in [2.45, 2.75) is 119 Å². The Morgan fingerprint density at radius 1 is 1.07 bits per heavy atom. The molecule has 0 radical (unpaired) electrons. The van der Waals surface area contributed by atoms with Crippen molar-refractivity contribution in [3.8, 4) is 16.9 Å². The second-order valence-electron chi connectivity index (χ2n) is 19.5. The molecule has 1 heterocycles. The summed E-state index contributed by atoms with van der Waals surface area (Å²) in [6, 6.07) is 10.7. The normalized spacial score (nSPS) is 25.8. The Morgan fingerprint density at radius 2 is 1.74 bits per heavy atom. The topological polar surface area (TPSA) is 136 Å². The molecule has 324 valence electrons. The Labute approximate surface area is 348 Å². The van der Waals surface area contributed by atoms with Crippen molar-refractivity contribution >= 4 is 23.4 Å². The maximum Gasteiger partial charge on any atom is 0.251 e. The quantitative estimate of drug-likeness (QED) is 0.172. The second kappa shape index (κ2) is 19.1. The summed E-state index contributed by atoms with van der Waals surface area (Å²) in [5.41, 5.74) is 3.90. The molecule has 4 rings (SSSR count). The van der Waals surface area contributed by atoms with Gasteiger partial charge in [0, 0.05) is 74.5 Å². The van der Waals surface area contributed by atoms with Crippen LogP contribution in [0.5, 0.6) is 5.75 Å². The van der Waals surface area contributed by atoms with E-state index in [-0.39, 0.29) is 59.6 Å². The molecular weight excluding hydrogens is 733 g/mol. The Morgan fingerprint density at radius 3 is 2.31 bits per heavy atom.